The zero-order valence-corrected chi connectivity index (χ0v) is 13.3. The van der Waals surface area contributed by atoms with Crippen molar-refractivity contribution in [3.8, 4) is 5.69 Å². The van der Waals surface area contributed by atoms with Gasteiger partial charge >= 0.3 is 5.97 Å². The number of carboxylic acid groups (broad SMARTS) is 1. The minimum atomic E-state index is -0.785. The summed E-state index contributed by atoms with van der Waals surface area (Å²) in [4.78, 5) is 25.9. The van der Waals surface area contributed by atoms with Crippen molar-refractivity contribution >= 4 is 23.2 Å². The molecule has 0 saturated carbocycles. The molecule has 23 heavy (non-hydrogen) atoms. The number of carboxylic acids is 1. The minimum absolute atomic E-state index is 0.0366. The summed E-state index contributed by atoms with van der Waals surface area (Å²) < 4.78 is 1.48. The van der Waals surface area contributed by atoms with E-state index >= 15 is 0 Å². The molecule has 1 atom stereocenters. The van der Waals surface area contributed by atoms with E-state index in [1.54, 1.807) is 0 Å². The van der Waals surface area contributed by atoms with Gasteiger partial charge in [0.2, 0.25) is 0 Å². The Morgan fingerprint density at radius 3 is 3.04 bits per heavy atom. The Morgan fingerprint density at radius 2 is 2.30 bits per heavy atom. The van der Waals surface area contributed by atoms with Crippen LogP contribution >= 0.6 is 11.3 Å². The van der Waals surface area contributed by atoms with E-state index in [0.29, 0.717) is 30.1 Å². The van der Waals surface area contributed by atoms with Crippen LogP contribution in [0.5, 0.6) is 0 Å². The molecule has 8 nitrogen and oxygen atoms in total. The lowest BCUT2D eigenvalue weighted by Crippen LogP contribution is -2.40. The smallest absolute Gasteiger partial charge is 0.303 e. The zero-order chi connectivity index (χ0) is 16.2. The highest BCUT2D eigenvalue weighted by Crippen LogP contribution is 2.26. The van der Waals surface area contributed by atoms with Crippen molar-refractivity contribution in [2.24, 2.45) is 5.92 Å². The molecule has 0 aromatic carbocycles. The first-order chi connectivity index (χ1) is 11.1. The van der Waals surface area contributed by atoms with Crippen molar-refractivity contribution in [3.63, 3.8) is 0 Å². The van der Waals surface area contributed by atoms with Gasteiger partial charge < -0.3 is 10.0 Å². The van der Waals surface area contributed by atoms with Gasteiger partial charge in [-0.2, -0.15) is 4.68 Å². The number of piperidine rings is 1. The van der Waals surface area contributed by atoms with Crippen LogP contribution in [0.25, 0.3) is 5.69 Å². The standard InChI is InChI=1S/C14H17N5O3S/c20-12(21)4-3-10-2-1-6-18(8-10)14(22)13-11(5-7-23-13)19-9-15-16-17-19/h5,7,9-10H,1-4,6,8H2,(H,20,21). The van der Waals surface area contributed by atoms with Gasteiger partial charge in [-0.1, -0.05) is 0 Å². The van der Waals surface area contributed by atoms with E-state index in [4.69, 9.17) is 5.11 Å². The van der Waals surface area contributed by atoms with Gasteiger partial charge in [0.25, 0.3) is 5.91 Å². The molecule has 1 unspecified atom stereocenters. The van der Waals surface area contributed by atoms with Gasteiger partial charge in [0.05, 0.1) is 5.69 Å². The lowest BCUT2D eigenvalue weighted by molar-refractivity contribution is -0.137. The number of nitrogens with zero attached hydrogens (tertiary/aromatic N) is 5. The maximum atomic E-state index is 12.8. The summed E-state index contributed by atoms with van der Waals surface area (Å²) in [5.41, 5.74) is 0.678. The maximum Gasteiger partial charge on any atom is 0.303 e. The molecule has 1 fully saturated rings. The Kier molecular flexibility index (Phi) is 4.65. The number of likely N-dealkylation sites (tertiary alicyclic amines) is 1. The summed E-state index contributed by atoms with van der Waals surface area (Å²) in [5, 5.41) is 21.7. The van der Waals surface area contributed by atoms with Crippen LogP contribution in [-0.4, -0.2) is 55.2 Å². The lowest BCUT2D eigenvalue weighted by atomic mass is 9.93. The van der Waals surface area contributed by atoms with Crippen LogP contribution in [0.2, 0.25) is 0 Å². The summed E-state index contributed by atoms with van der Waals surface area (Å²) in [6, 6.07) is 1.82. The van der Waals surface area contributed by atoms with Gasteiger partial charge in [0.1, 0.15) is 11.2 Å². The fourth-order valence-corrected chi connectivity index (χ4v) is 3.72. The summed E-state index contributed by atoms with van der Waals surface area (Å²) >= 11 is 1.37. The molecule has 0 bridgehead atoms. The number of carbonyl (C=O) groups excluding carboxylic acids is 1. The number of tetrazole rings is 1. The van der Waals surface area contributed by atoms with Gasteiger partial charge in [-0.15, -0.1) is 16.4 Å². The summed E-state index contributed by atoms with van der Waals surface area (Å²) in [6.45, 7) is 1.31. The highest BCUT2D eigenvalue weighted by Gasteiger charge is 2.27. The number of hydrogen-bond acceptors (Lipinski definition) is 6. The van der Waals surface area contributed by atoms with Crippen LogP contribution in [0.1, 0.15) is 35.4 Å². The SMILES string of the molecule is O=C(O)CCC1CCCN(C(=O)c2sccc2-n2cnnn2)C1. The summed E-state index contributed by atoms with van der Waals surface area (Å²) in [6.07, 6.45) is 4.11. The molecule has 3 rings (SSSR count). The van der Waals surface area contributed by atoms with Crippen LogP contribution in [-0.2, 0) is 4.79 Å². The predicted molar refractivity (Wildman–Crippen MR) is 82.5 cm³/mol. The molecule has 0 aliphatic carbocycles. The topological polar surface area (TPSA) is 101 Å². The average molecular weight is 335 g/mol. The normalized spacial score (nSPS) is 18.1. The van der Waals surface area contributed by atoms with Crippen molar-refractivity contribution in [2.75, 3.05) is 13.1 Å². The quantitative estimate of drug-likeness (QED) is 0.887. The van der Waals surface area contributed by atoms with Crippen LogP contribution in [0, 0.1) is 5.92 Å². The monoisotopic (exact) mass is 335 g/mol. The van der Waals surface area contributed by atoms with E-state index in [1.165, 1.54) is 22.3 Å². The Balaban J connectivity index is 1.71. The largest absolute Gasteiger partial charge is 0.481 e. The molecule has 1 amide bonds. The number of thiophene rings is 1. The average Bonchev–Trinajstić information content (AvgIpc) is 3.23. The molecular formula is C14H17N5O3S. The van der Waals surface area contributed by atoms with Crippen LogP contribution in [0.4, 0.5) is 0 Å². The van der Waals surface area contributed by atoms with Gasteiger partial charge in [0, 0.05) is 19.5 Å². The number of carbonyl (C=O) groups is 2. The van der Waals surface area contributed by atoms with Gasteiger partial charge in [-0.3, -0.25) is 9.59 Å². The third kappa shape index (κ3) is 3.55. The van der Waals surface area contributed by atoms with Crippen molar-refractivity contribution in [1.29, 1.82) is 0 Å². The third-order valence-electron chi connectivity index (χ3n) is 4.01. The first-order valence-electron chi connectivity index (χ1n) is 7.47. The Morgan fingerprint density at radius 1 is 1.43 bits per heavy atom. The second-order valence-electron chi connectivity index (χ2n) is 5.58. The van der Waals surface area contributed by atoms with Crippen molar-refractivity contribution < 1.29 is 14.7 Å². The molecule has 2 aromatic heterocycles. The van der Waals surface area contributed by atoms with E-state index in [9.17, 15) is 9.59 Å². The molecular weight excluding hydrogens is 318 g/mol. The Labute approximate surface area is 136 Å². The zero-order valence-electron chi connectivity index (χ0n) is 12.5. The van der Waals surface area contributed by atoms with Crippen molar-refractivity contribution in [3.05, 3.63) is 22.7 Å². The fraction of sp³-hybridized carbons (Fsp3) is 0.500. The van der Waals surface area contributed by atoms with E-state index < -0.39 is 5.97 Å². The van der Waals surface area contributed by atoms with Crippen molar-refractivity contribution in [2.45, 2.75) is 25.7 Å². The molecule has 0 spiro atoms. The van der Waals surface area contributed by atoms with E-state index in [2.05, 4.69) is 15.5 Å². The number of rotatable bonds is 5. The molecule has 3 heterocycles. The van der Waals surface area contributed by atoms with E-state index in [0.717, 1.165) is 12.8 Å². The maximum absolute atomic E-state index is 12.8. The second-order valence-corrected chi connectivity index (χ2v) is 6.50. The molecule has 1 N–H and O–H groups in total. The molecule has 1 aliphatic heterocycles. The predicted octanol–water partition coefficient (Wildman–Crippen LogP) is 1.44. The van der Waals surface area contributed by atoms with Crippen molar-refractivity contribution in [1.82, 2.24) is 25.1 Å². The second kappa shape index (κ2) is 6.86. The van der Waals surface area contributed by atoms with Crippen LogP contribution in [0.3, 0.4) is 0 Å². The summed E-state index contributed by atoms with van der Waals surface area (Å²) in [5.74, 6) is -0.571. The molecule has 2 aromatic rings. The minimum Gasteiger partial charge on any atom is -0.481 e. The third-order valence-corrected chi connectivity index (χ3v) is 4.90. The fourth-order valence-electron chi connectivity index (χ4n) is 2.87. The number of hydrogen-bond donors (Lipinski definition) is 1. The van der Waals surface area contributed by atoms with Gasteiger partial charge in [0.15, 0.2) is 0 Å². The first-order valence-corrected chi connectivity index (χ1v) is 8.35. The highest BCUT2D eigenvalue weighted by atomic mass is 32.1. The Hall–Kier alpha value is -2.29. The molecule has 9 heteroatoms. The van der Waals surface area contributed by atoms with Crippen LogP contribution < -0.4 is 0 Å². The highest BCUT2D eigenvalue weighted by molar-refractivity contribution is 7.12. The number of aliphatic carboxylic acids is 1. The van der Waals surface area contributed by atoms with E-state index in [1.807, 2.05) is 16.3 Å². The first kappa shape index (κ1) is 15.6. The number of amides is 1. The number of aromatic nitrogens is 4. The van der Waals surface area contributed by atoms with Gasteiger partial charge in [-0.25, -0.2) is 0 Å². The molecule has 0 radical (unpaired) electrons. The molecule has 1 aliphatic rings. The van der Waals surface area contributed by atoms with Gasteiger partial charge in [-0.05, 0) is 47.1 Å². The lowest BCUT2D eigenvalue weighted by Gasteiger charge is -2.32. The molecule has 122 valence electrons. The van der Waals surface area contributed by atoms with E-state index in [-0.39, 0.29) is 18.2 Å². The molecule has 1 saturated heterocycles. The van der Waals surface area contributed by atoms with Crippen LogP contribution in [0.15, 0.2) is 17.8 Å². The Bertz CT molecular complexity index is 684. The summed E-state index contributed by atoms with van der Waals surface area (Å²) in [7, 11) is 0.